The molecule has 34 heavy (non-hydrogen) atoms. The van der Waals surface area contributed by atoms with E-state index in [4.69, 9.17) is 0 Å². The van der Waals surface area contributed by atoms with Crippen molar-refractivity contribution in [1.29, 1.82) is 0 Å². The highest BCUT2D eigenvalue weighted by atomic mass is 32.2. The third kappa shape index (κ3) is 6.21. The molecule has 1 N–H and O–H groups in total. The molecule has 0 unspecified atom stereocenters. The van der Waals surface area contributed by atoms with Crippen LogP contribution in [0.15, 0.2) is 60.0 Å². The Labute approximate surface area is 201 Å². The van der Waals surface area contributed by atoms with Crippen LogP contribution in [0.4, 0.5) is 5.82 Å². The Morgan fingerprint density at radius 1 is 1.12 bits per heavy atom. The number of hydrogen-bond donors (Lipinski definition) is 1. The van der Waals surface area contributed by atoms with Crippen LogP contribution in [0.25, 0.3) is 0 Å². The van der Waals surface area contributed by atoms with E-state index in [9.17, 15) is 18.0 Å². The lowest BCUT2D eigenvalue weighted by molar-refractivity contribution is -0.116. The van der Waals surface area contributed by atoms with E-state index >= 15 is 0 Å². The maximum Gasteiger partial charge on any atom is 0.253 e. The lowest BCUT2D eigenvalue weighted by atomic mass is 10.2. The van der Waals surface area contributed by atoms with Gasteiger partial charge in [-0.2, -0.15) is 0 Å². The fourth-order valence-corrected chi connectivity index (χ4v) is 4.89. The molecule has 0 radical (unpaired) electrons. The van der Waals surface area contributed by atoms with Crippen LogP contribution in [0.5, 0.6) is 0 Å². The normalized spacial score (nSPS) is 14.2. The van der Waals surface area contributed by atoms with Crippen molar-refractivity contribution in [2.45, 2.75) is 18.2 Å². The van der Waals surface area contributed by atoms with Crippen molar-refractivity contribution in [1.82, 2.24) is 19.5 Å². The highest BCUT2D eigenvalue weighted by molar-refractivity contribution is 7.89. The lowest BCUT2D eigenvalue weighted by Gasteiger charge is -2.35. The summed E-state index contributed by atoms with van der Waals surface area (Å²) in [6.45, 7) is 8.44. The smallest absolute Gasteiger partial charge is 0.253 e. The zero-order valence-electron chi connectivity index (χ0n) is 19.6. The minimum atomic E-state index is -3.69. The number of carbonyl (C=O) groups excluding carboxylic acids is 2. The van der Waals surface area contributed by atoms with Gasteiger partial charge in [-0.1, -0.05) is 12.6 Å². The maximum absolute atomic E-state index is 12.9. The Morgan fingerprint density at radius 3 is 2.41 bits per heavy atom. The molecule has 1 aromatic heterocycles. The number of benzene rings is 1. The van der Waals surface area contributed by atoms with Crippen molar-refractivity contribution < 1.29 is 18.0 Å². The average Bonchev–Trinajstić information content (AvgIpc) is 2.86. The first-order valence-electron chi connectivity index (χ1n) is 11.2. The molecule has 0 saturated carbocycles. The van der Waals surface area contributed by atoms with E-state index in [1.807, 2.05) is 25.1 Å². The zero-order valence-corrected chi connectivity index (χ0v) is 20.4. The first-order chi connectivity index (χ1) is 16.2. The maximum atomic E-state index is 12.9. The van der Waals surface area contributed by atoms with Crippen LogP contribution >= 0.6 is 0 Å². The fourth-order valence-electron chi connectivity index (χ4n) is 3.68. The Hall–Kier alpha value is -3.24. The summed E-state index contributed by atoms with van der Waals surface area (Å²) in [7, 11) is -2.20. The molecule has 2 heterocycles. The van der Waals surface area contributed by atoms with Crippen molar-refractivity contribution in [3.05, 3.63) is 66.4 Å². The highest BCUT2D eigenvalue weighted by Crippen LogP contribution is 2.18. The summed E-state index contributed by atoms with van der Waals surface area (Å²) in [5, 5.41) is 2.62. The van der Waals surface area contributed by atoms with Crippen molar-refractivity contribution in [2.75, 3.05) is 51.2 Å². The SMILES string of the molecule is C=CC(=O)NCCCN(C)S(=O)(=O)c1ccc(C(=O)N2CCN(c3cccc(C)n3)CC2)cc1. The van der Waals surface area contributed by atoms with Crippen LogP contribution in [0.2, 0.25) is 0 Å². The monoisotopic (exact) mass is 485 g/mol. The fraction of sp³-hybridized carbons (Fsp3) is 0.375. The molecular formula is C24H31N5O4S. The number of hydrogen-bond acceptors (Lipinski definition) is 6. The number of amides is 2. The van der Waals surface area contributed by atoms with Crippen molar-refractivity contribution in [3.8, 4) is 0 Å². The van der Waals surface area contributed by atoms with Crippen LogP contribution in [-0.4, -0.2) is 80.7 Å². The molecule has 0 aliphatic carbocycles. The van der Waals surface area contributed by atoms with E-state index in [0.717, 1.165) is 11.5 Å². The van der Waals surface area contributed by atoms with Gasteiger partial charge >= 0.3 is 0 Å². The van der Waals surface area contributed by atoms with E-state index in [-0.39, 0.29) is 23.3 Å². The van der Waals surface area contributed by atoms with Gasteiger partial charge in [-0.3, -0.25) is 9.59 Å². The standard InChI is InChI=1S/C24H31N5O4S/c1-4-23(30)25-13-6-14-27(3)34(32,33)21-11-9-20(10-12-21)24(31)29-17-15-28(16-18-29)22-8-5-7-19(2)26-22/h4-5,7-12H,1,6,13-18H2,2-3H3,(H,25,30). The third-order valence-electron chi connectivity index (χ3n) is 5.71. The quantitative estimate of drug-likeness (QED) is 0.428. The molecule has 10 heteroatoms. The zero-order chi connectivity index (χ0) is 24.7. The number of rotatable bonds is 9. The minimum Gasteiger partial charge on any atom is -0.353 e. The first-order valence-corrected chi connectivity index (χ1v) is 12.6. The van der Waals surface area contributed by atoms with Gasteiger partial charge in [-0.25, -0.2) is 17.7 Å². The molecule has 182 valence electrons. The van der Waals surface area contributed by atoms with Gasteiger partial charge < -0.3 is 15.1 Å². The number of nitrogens with one attached hydrogen (secondary N) is 1. The molecule has 2 amide bonds. The summed E-state index contributed by atoms with van der Waals surface area (Å²) >= 11 is 0. The van der Waals surface area contributed by atoms with Gasteiger partial charge in [0.25, 0.3) is 5.91 Å². The highest BCUT2D eigenvalue weighted by Gasteiger charge is 2.24. The number of aryl methyl sites for hydroxylation is 1. The van der Waals surface area contributed by atoms with Crippen molar-refractivity contribution in [3.63, 3.8) is 0 Å². The predicted molar refractivity (Wildman–Crippen MR) is 131 cm³/mol. The predicted octanol–water partition coefficient (Wildman–Crippen LogP) is 1.67. The lowest BCUT2D eigenvalue weighted by Crippen LogP contribution is -2.49. The van der Waals surface area contributed by atoms with Gasteiger partial charge in [-0.15, -0.1) is 0 Å². The molecule has 0 atom stereocenters. The second-order valence-corrected chi connectivity index (χ2v) is 10.2. The van der Waals surface area contributed by atoms with Gasteiger partial charge in [0.1, 0.15) is 5.82 Å². The molecule has 2 aromatic rings. The van der Waals surface area contributed by atoms with Gasteiger partial charge in [0, 0.05) is 57.6 Å². The molecule has 0 bridgehead atoms. The molecule has 0 spiro atoms. The summed E-state index contributed by atoms with van der Waals surface area (Å²) in [6.07, 6.45) is 1.64. The summed E-state index contributed by atoms with van der Waals surface area (Å²) in [4.78, 5) is 32.7. The van der Waals surface area contributed by atoms with E-state index in [1.165, 1.54) is 29.6 Å². The van der Waals surface area contributed by atoms with Crippen molar-refractivity contribution in [2.24, 2.45) is 0 Å². The molecule has 1 aromatic carbocycles. The first kappa shape index (κ1) is 25.4. The van der Waals surface area contributed by atoms with E-state index in [1.54, 1.807) is 17.0 Å². The Morgan fingerprint density at radius 2 is 1.79 bits per heavy atom. The topological polar surface area (TPSA) is 103 Å². The second-order valence-electron chi connectivity index (χ2n) is 8.12. The van der Waals surface area contributed by atoms with Crippen LogP contribution in [-0.2, 0) is 14.8 Å². The Bertz CT molecular complexity index is 1130. The Kier molecular flexibility index (Phi) is 8.41. The van der Waals surface area contributed by atoms with Gasteiger partial charge in [-0.05, 0) is 55.8 Å². The second kappa shape index (κ2) is 11.3. The van der Waals surface area contributed by atoms with E-state index < -0.39 is 10.0 Å². The van der Waals surface area contributed by atoms with E-state index in [0.29, 0.717) is 44.7 Å². The molecule has 1 aliphatic rings. The number of carbonyl (C=O) groups is 2. The number of aromatic nitrogens is 1. The van der Waals surface area contributed by atoms with Gasteiger partial charge in [0.15, 0.2) is 0 Å². The molecule has 1 saturated heterocycles. The van der Waals surface area contributed by atoms with E-state index in [2.05, 4.69) is 21.8 Å². The molecule has 9 nitrogen and oxygen atoms in total. The molecule has 1 aliphatic heterocycles. The summed E-state index contributed by atoms with van der Waals surface area (Å²) in [6, 6.07) is 11.9. The van der Waals surface area contributed by atoms with Gasteiger partial charge in [0.05, 0.1) is 4.90 Å². The van der Waals surface area contributed by atoms with Gasteiger partial charge in [0.2, 0.25) is 15.9 Å². The molecule has 1 fully saturated rings. The molecular weight excluding hydrogens is 454 g/mol. The van der Waals surface area contributed by atoms with Crippen LogP contribution in [0, 0.1) is 6.92 Å². The summed E-state index contributed by atoms with van der Waals surface area (Å²) in [5.41, 5.74) is 1.41. The van der Waals surface area contributed by atoms with Crippen LogP contribution < -0.4 is 10.2 Å². The van der Waals surface area contributed by atoms with Crippen LogP contribution in [0.1, 0.15) is 22.5 Å². The summed E-state index contributed by atoms with van der Waals surface area (Å²) in [5.74, 6) is 0.500. The average molecular weight is 486 g/mol. The van der Waals surface area contributed by atoms with Crippen molar-refractivity contribution >= 4 is 27.7 Å². The largest absolute Gasteiger partial charge is 0.353 e. The number of sulfonamides is 1. The molecule has 3 rings (SSSR count). The van der Waals surface area contributed by atoms with Crippen LogP contribution in [0.3, 0.4) is 0 Å². The number of nitrogens with zero attached hydrogens (tertiary/aromatic N) is 4. The number of anilines is 1. The minimum absolute atomic E-state index is 0.118. The number of pyridine rings is 1. The number of piperazine rings is 1. The Balaban J connectivity index is 1.55. The summed E-state index contributed by atoms with van der Waals surface area (Å²) < 4.78 is 26.9. The third-order valence-corrected chi connectivity index (χ3v) is 7.58.